The first-order valence-corrected chi connectivity index (χ1v) is 12.3. The highest BCUT2D eigenvalue weighted by Crippen LogP contribution is 2.28. The Morgan fingerprint density at radius 2 is 1.71 bits per heavy atom. The summed E-state index contributed by atoms with van der Waals surface area (Å²) in [5.41, 5.74) is 10.1. The Morgan fingerprint density at radius 3 is 2.29 bits per heavy atom. The highest BCUT2D eigenvalue weighted by molar-refractivity contribution is 5.90. The second kappa shape index (κ2) is 14.3. The third kappa shape index (κ3) is 8.25. The second-order valence-electron chi connectivity index (χ2n) is 9.16. The molecular weight excluding hydrogens is 456 g/mol. The predicted octanol–water partition coefficient (Wildman–Crippen LogP) is 2.59. The molecule has 190 valence electrons. The van der Waals surface area contributed by atoms with E-state index in [0.29, 0.717) is 31.1 Å². The Morgan fingerprint density at radius 1 is 1.06 bits per heavy atom. The number of nitrogens with two attached hydrogens (primary N) is 1. The number of rotatable bonds is 9. The van der Waals surface area contributed by atoms with E-state index in [1.807, 2.05) is 17.1 Å². The van der Waals surface area contributed by atoms with Gasteiger partial charge in [0.2, 0.25) is 5.91 Å². The van der Waals surface area contributed by atoms with E-state index in [4.69, 9.17) is 10.5 Å². The highest BCUT2D eigenvalue weighted by Gasteiger charge is 2.30. The molecule has 1 aliphatic heterocycles. The number of hydrogen-bond acceptors (Lipinski definition) is 6. The van der Waals surface area contributed by atoms with Gasteiger partial charge < -0.3 is 15.8 Å². The van der Waals surface area contributed by atoms with E-state index in [1.165, 1.54) is 6.42 Å². The van der Waals surface area contributed by atoms with Crippen LogP contribution in [-0.2, 0) is 20.7 Å². The third-order valence-electron chi connectivity index (χ3n) is 6.71. The van der Waals surface area contributed by atoms with Crippen LogP contribution in [0.1, 0.15) is 67.8 Å². The van der Waals surface area contributed by atoms with E-state index in [0.717, 1.165) is 57.2 Å². The number of benzene rings is 1. The number of amides is 2. The fourth-order valence-electron chi connectivity index (χ4n) is 4.63. The van der Waals surface area contributed by atoms with Crippen molar-refractivity contribution in [3.8, 4) is 0 Å². The van der Waals surface area contributed by atoms with Crippen molar-refractivity contribution in [1.29, 1.82) is 0 Å². The lowest BCUT2D eigenvalue weighted by atomic mass is 9.81. The molecule has 1 saturated heterocycles. The number of ether oxygens (including phenoxy) is 1. The van der Waals surface area contributed by atoms with Gasteiger partial charge in [0.1, 0.15) is 6.04 Å². The summed E-state index contributed by atoms with van der Waals surface area (Å²) >= 11 is 0. The molecule has 0 spiro atoms. The summed E-state index contributed by atoms with van der Waals surface area (Å²) in [4.78, 5) is 38.1. The summed E-state index contributed by atoms with van der Waals surface area (Å²) in [5, 5.41) is 4.96. The van der Waals surface area contributed by atoms with Gasteiger partial charge in [-0.3, -0.25) is 15.0 Å². The molecule has 4 N–H and O–H groups in total. The molecule has 3 rings (SSSR count). The molecule has 2 aliphatic rings. The maximum atomic E-state index is 13.1. The highest BCUT2D eigenvalue weighted by atomic mass is 35.5. The number of carbonyl (C=O) groups excluding carboxylic acids is 3. The molecule has 0 radical (unpaired) electrons. The van der Waals surface area contributed by atoms with Gasteiger partial charge in [-0.05, 0) is 75.6 Å². The molecule has 1 atom stereocenters. The molecule has 0 unspecified atom stereocenters. The van der Waals surface area contributed by atoms with Crippen molar-refractivity contribution in [2.75, 3.05) is 26.2 Å². The van der Waals surface area contributed by atoms with Crippen molar-refractivity contribution in [3.05, 3.63) is 35.4 Å². The Bertz CT molecular complexity index is 791. The number of hydrazine groups is 1. The largest absolute Gasteiger partial charge is 0.462 e. The second-order valence-corrected chi connectivity index (χ2v) is 9.16. The van der Waals surface area contributed by atoms with E-state index in [2.05, 4.69) is 10.7 Å². The molecular formula is C25H39ClN4O4. The van der Waals surface area contributed by atoms with Crippen LogP contribution in [0, 0.1) is 11.8 Å². The van der Waals surface area contributed by atoms with E-state index in [1.54, 1.807) is 19.1 Å². The van der Waals surface area contributed by atoms with Crippen molar-refractivity contribution in [2.45, 2.75) is 64.3 Å². The number of nitrogens with one attached hydrogen (secondary N) is 2. The van der Waals surface area contributed by atoms with Crippen LogP contribution in [0.4, 0.5) is 0 Å². The number of piperidine rings is 1. The normalized spacial score (nSPS) is 21.6. The van der Waals surface area contributed by atoms with Gasteiger partial charge in [-0.1, -0.05) is 18.6 Å². The first kappa shape index (κ1) is 28.1. The van der Waals surface area contributed by atoms with Gasteiger partial charge >= 0.3 is 5.97 Å². The Balaban J connectivity index is 0.00000408. The molecule has 1 saturated carbocycles. The molecule has 1 aromatic rings. The van der Waals surface area contributed by atoms with Crippen molar-refractivity contribution < 1.29 is 19.1 Å². The van der Waals surface area contributed by atoms with Gasteiger partial charge in [0.25, 0.3) is 5.91 Å². The van der Waals surface area contributed by atoms with Gasteiger partial charge in [-0.15, -0.1) is 12.4 Å². The average molecular weight is 495 g/mol. The topological polar surface area (TPSA) is 114 Å². The molecule has 2 amide bonds. The van der Waals surface area contributed by atoms with Crippen LogP contribution in [-0.4, -0.2) is 55.1 Å². The number of nitrogens with zero attached hydrogens (tertiary/aromatic N) is 1. The smallest absolute Gasteiger partial charge is 0.338 e. The number of esters is 1. The van der Waals surface area contributed by atoms with Crippen molar-refractivity contribution in [3.63, 3.8) is 0 Å². The van der Waals surface area contributed by atoms with Crippen molar-refractivity contribution >= 4 is 30.2 Å². The zero-order valence-electron chi connectivity index (χ0n) is 20.1. The molecule has 0 aromatic heterocycles. The lowest BCUT2D eigenvalue weighted by Crippen LogP contribution is -2.55. The van der Waals surface area contributed by atoms with Crippen molar-refractivity contribution in [2.24, 2.45) is 17.6 Å². The molecule has 8 nitrogen and oxygen atoms in total. The molecule has 34 heavy (non-hydrogen) atoms. The number of carbonyl (C=O) groups is 3. The van der Waals surface area contributed by atoms with E-state index >= 15 is 0 Å². The van der Waals surface area contributed by atoms with Gasteiger partial charge in [-0.2, -0.15) is 0 Å². The van der Waals surface area contributed by atoms with E-state index in [9.17, 15) is 14.4 Å². The molecule has 1 aliphatic carbocycles. The lowest BCUT2D eigenvalue weighted by Gasteiger charge is -2.31. The SMILES string of the molecule is CCOC(=O)c1ccc(C[C@H](NC(=O)C2CCC(CN)CC2)C(=O)NN2CCCCC2)cc1.Cl. The number of halogens is 1. The quantitative estimate of drug-likeness (QED) is 0.455. The molecule has 1 heterocycles. The summed E-state index contributed by atoms with van der Waals surface area (Å²) in [6.07, 6.45) is 7.15. The third-order valence-corrected chi connectivity index (χ3v) is 6.71. The van der Waals surface area contributed by atoms with Crippen LogP contribution < -0.4 is 16.5 Å². The summed E-state index contributed by atoms with van der Waals surface area (Å²) in [5.74, 6) is -0.220. The van der Waals surface area contributed by atoms with Gasteiger partial charge in [0.05, 0.1) is 12.2 Å². The van der Waals surface area contributed by atoms with Crippen LogP contribution in [0.5, 0.6) is 0 Å². The van der Waals surface area contributed by atoms with Crippen LogP contribution in [0.25, 0.3) is 0 Å². The van der Waals surface area contributed by atoms with Crippen LogP contribution >= 0.6 is 12.4 Å². The Kier molecular flexibility index (Phi) is 11.8. The minimum Gasteiger partial charge on any atom is -0.462 e. The Labute approximate surface area is 208 Å². The van der Waals surface area contributed by atoms with Gasteiger partial charge in [-0.25, -0.2) is 9.80 Å². The first-order valence-electron chi connectivity index (χ1n) is 12.3. The summed E-state index contributed by atoms with van der Waals surface area (Å²) in [6, 6.07) is 6.34. The number of hydrogen-bond donors (Lipinski definition) is 3. The molecule has 0 bridgehead atoms. The van der Waals surface area contributed by atoms with Crippen LogP contribution in [0.15, 0.2) is 24.3 Å². The van der Waals surface area contributed by atoms with Crippen LogP contribution in [0.3, 0.4) is 0 Å². The fourth-order valence-corrected chi connectivity index (χ4v) is 4.63. The average Bonchev–Trinajstić information content (AvgIpc) is 2.84. The van der Waals surface area contributed by atoms with E-state index in [-0.39, 0.29) is 36.1 Å². The fraction of sp³-hybridized carbons (Fsp3) is 0.640. The molecule has 2 fully saturated rings. The van der Waals surface area contributed by atoms with Crippen LogP contribution in [0.2, 0.25) is 0 Å². The van der Waals surface area contributed by atoms with E-state index < -0.39 is 6.04 Å². The summed E-state index contributed by atoms with van der Waals surface area (Å²) in [7, 11) is 0. The van der Waals surface area contributed by atoms with Crippen molar-refractivity contribution in [1.82, 2.24) is 15.8 Å². The van der Waals surface area contributed by atoms with Gasteiger partial charge in [0, 0.05) is 25.4 Å². The minimum absolute atomic E-state index is 0. The minimum atomic E-state index is -0.680. The van der Waals surface area contributed by atoms with Gasteiger partial charge in [0.15, 0.2) is 0 Å². The Hall–Kier alpha value is -2.16. The lowest BCUT2D eigenvalue weighted by molar-refractivity contribution is -0.134. The predicted molar refractivity (Wildman–Crippen MR) is 133 cm³/mol. The maximum Gasteiger partial charge on any atom is 0.338 e. The summed E-state index contributed by atoms with van der Waals surface area (Å²) in [6.45, 7) is 4.39. The molecule has 1 aromatic carbocycles. The maximum absolute atomic E-state index is 13.1. The summed E-state index contributed by atoms with van der Waals surface area (Å²) < 4.78 is 5.03. The monoisotopic (exact) mass is 494 g/mol. The molecule has 9 heteroatoms. The zero-order chi connectivity index (χ0) is 23.6. The standard InChI is InChI=1S/C25H38N4O4.ClH/c1-2-33-25(32)21-12-6-18(7-13-21)16-22(24(31)28-29-14-4-3-5-15-29)27-23(30)20-10-8-19(17-26)9-11-20;/h6-7,12-13,19-20,22H,2-5,8-11,14-17,26H2,1H3,(H,27,30)(H,28,31);1H/t19?,20?,22-;/m0./s1. The zero-order valence-corrected chi connectivity index (χ0v) is 20.9. The first-order chi connectivity index (χ1) is 16.0.